The number of nitrogen functional groups attached to an aromatic ring is 1. The van der Waals surface area contributed by atoms with E-state index in [1.165, 1.54) is 4.40 Å². The van der Waals surface area contributed by atoms with Crippen LogP contribution in [0, 0.1) is 0 Å². The number of nitrogens with two attached hydrogens (primary N) is 1. The van der Waals surface area contributed by atoms with Crippen molar-refractivity contribution in [2.45, 2.75) is 13.0 Å². The quantitative estimate of drug-likeness (QED) is 0.283. The van der Waals surface area contributed by atoms with E-state index in [4.69, 9.17) is 20.2 Å². The lowest BCUT2D eigenvalue weighted by Gasteiger charge is -2.26. The first-order valence-electron chi connectivity index (χ1n) is 10.8. The molecule has 0 aromatic carbocycles. The number of morpholine rings is 1. The number of carbonyl (C=O) groups excluding carboxylic acids is 1. The average Bonchev–Trinajstić information content (AvgIpc) is 2.82. The molecular formula is C22H29N6O4+. The van der Waals surface area contributed by atoms with E-state index in [9.17, 15) is 9.59 Å². The Morgan fingerprint density at radius 2 is 2.16 bits per heavy atom. The van der Waals surface area contributed by atoms with Gasteiger partial charge in [0.15, 0.2) is 0 Å². The summed E-state index contributed by atoms with van der Waals surface area (Å²) in [5.74, 6) is -0.0274. The van der Waals surface area contributed by atoms with Crippen molar-refractivity contribution < 1.29 is 18.8 Å². The molecule has 0 saturated carbocycles. The van der Waals surface area contributed by atoms with Gasteiger partial charge in [0, 0.05) is 46.1 Å². The molecule has 3 N–H and O–H groups in total. The number of nitrogens with one attached hydrogen (secondary N) is 1. The number of methoxy groups -OCH3 is 1. The molecule has 170 valence electrons. The van der Waals surface area contributed by atoms with Gasteiger partial charge in [-0.25, -0.2) is 4.57 Å². The van der Waals surface area contributed by atoms with Gasteiger partial charge >= 0.3 is 0 Å². The Kier molecular flexibility index (Phi) is 6.93. The molecule has 1 aliphatic rings. The predicted molar refractivity (Wildman–Crippen MR) is 120 cm³/mol. The van der Waals surface area contributed by atoms with Crippen LogP contribution in [0.3, 0.4) is 0 Å². The Balaban J connectivity index is 1.76. The van der Waals surface area contributed by atoms with E-state index in [0.717, 1.165) is 13.1 Å². The van der Waals surface area contributed by atoms with Gasteiger partial charge in [-0.2, -0.15) is 0 Å². The molecule has 3 aromatic heterocycles. The van der Waals surface area contributed by atoms with Crippen molar-refractivity contribution in [3.8, 4) is 0 Å². The second kappa shape index (κ2) is 10.0. The number of rotatable bonds is 8. The van der Waals surface area contributed by atoms with Crippen LogP contribution in [0.1, 0.15) is 16.8 Å². The van der Waals surface area contributed by atoms with E-state index in [1.807, 2.05) is 6.07 Å². The Morgan fingerprint density at radius 1 is 1.34 bits per heavy atom. The maximum Gasteiger partial charge on any atom is 0.278 e. The molecule has 0 unspecified atom stereocenters. The van der Waals surface area contributed by atoms with Gasteiger partial charge in [-0.15, -0.1) is 0 Å². The molecule has 4 rings (SSSR count). The van der Waals surface area contributed by atoms with E-state index in [1.54, 1.807) is 36.1 Å². The fraction of sp³-hybridized carbons (Fsp3) is 0.455. The van der Waals surface area contributed by atoms with E-state index < -0.39 is 0 Å². The highest BCUT2D eigenvalue weighted by Crippen LogP contribution is 2.15. The molecule has 10 heteroatoms. The average molecular weight is 442 g/mol. The van der Waals surface area contributed by atoms with Gasteiger partial charge in [-0.05, 0) is 24.6 Å². The highest BCUT2D eigenvalue weighted by Gasteiger charge is 2.25. The Bertz CT molecular complexity index is 1170. The zero-order valence-electron chi connectivity index (χ0n) is 18.2. The molecule has 0 spiro atoms. The number of amides is 1. The van der Waals surface area contributed by atoms with Crippen LogP contribution < -0.4 is 21.2 Å². The molecule has 1 saturated heterocycles. The van der Waals surface area contributed by atoms with Crippen molar-refractivity contribution in [2.24, 2.45) is 0 Å². The molecule has 10 nitrogen and oxygen atoms in total. The van der Waals surface area contributed by atoms with Gasteiger partial charge in [0.25, 0.3) is 17.1 Å². The van der Waals surface area contributed by atoms with Crippen molar-refractivity contribution in [2.75, 3.05) is 58.8 Å². The maximum atomic E-state index is 13.2. The number of aromatic nitrogens is 3. The minimum Gasteiger partial charge on any atom is -0.385 e. The molecule has 3 aromatic rings. The Morgan fingerprint density at radius 3 is 2.94 bits per heavy atom. The van der Waals surface area contributed by atoms with Gasteiger partial charge in [0.05, 0.1) is 19.8 Å². The second-order valence-electron chi connectivity index (χ2n) is 7.73. The molecule has 1 amide bonds. The monoisotopic (exact) mass is 441 g/mol. The van der Waals surface area contributed by atoms with Crippen LogP contribution in [-0.2, 0) is 16.0 Å². The third-order valence-corrected chi connectivity index (χ3v) is 5.66. The van der Waals surface area contributed by atoms with Gasteiger partial charge in [0.2, 0.25) is 11.5 Å². The summed E-state index contributed by atoms with van der Waals surface area (Å²) in [5.41, 5.74) is 7.51. The first-order valence-corrected chi connectivity index (χ1v) is 10.8. The zero-order chi connectivity index (χ0) is 22.5. The number of hydrogen-bond acceptors (Lipinski definition) is 7. The fourth-order valence-corrected chi connectivity index (χ4v) is 3.89. The summed E-state index contributed by atoms with van der Waals surface area (Å²) in [4.78, 5) is 33.1. The molecule has 0 bridgehead atoms. The lowest BCUT2D eigenvalue weighted by molar-refractivity contribution is -0.658. The minimum absolute atomic E-state index is 0.237. The van der Waals surface area contributed by atoms with Crippen LogP contribution in [0.25, 0.3) is 16.7 Å². The summed E-state index contributed by atoms with van der Waals surface area (Å²) in [5, 5.41) is 3.21. The summed E-state index contributed by atoms with van der Waals surface area (Å²) in [6.45, 7) is 5.25. The summed E-state index contributed by atoms with van der Waals surface area (Å²) in [6.07, 6.45) is 2.35. The summed E-state index contributed by atoms with van der Waals surface area (Å²) >= 11 is 0. The van der Waals surface area contributed by atoms with Gasteiger partial charge < -0.3 is 20.5 Å². The highest BCUT2D eigenvalue weighted by atomic mass is 16.5. The molecule has 1 fully saturated rings. The molecule has 32 heavy (non-hydrogen) atoms. The zero-order valence-corrected chi connectivity index (χ0v) is 18.2. The number of ether oxygens (including phenoxy) is 2. The maximum absolute atomic E-state index is 13.2. The molecule has 1 aliphatic heterocycles. The van der Waals surface area contributed by atoms with E-state index in [2.05, 4.69) is 10.2 Å². The number of carbonyl (C=O) groups is 1. The molecule has 0 aliphatic carbocycles. The summed E-state index contributed by atoms with van der Waals surface area (Å²) < 4.78 is 13.7. The third-order valence-electron chi connectivity index (χ3n) is 5.66. The summed E-state index contributed by atoms with van der Waals surface area (Å²) in [7, 11) is 1.62. The van der Waals surface area contributed by atoms with Crippen LogP contribution in [0.15, 0.2) is 35.3 Å². The molecule has 0 radical (unpaired) electrons. The third kappa shape index (κ3) is 4.57. The van der Waals surface area contributed by atoms with Crippen LogP contribution >= 0.6 is 0 Å². The van der Waals surface area contributed by atoms with Crippen molar-refractivity contribution in [1.29, 1.82) is 0 Å². The summed E-state index contributed by atoms with van der Waals surface area (Å²) in [6, 6.07) is 6.93. The number of pyridine rings is 2. The standard InChI is InChI=1S/C22H28N6O4/c1-31-12-4-6-24-21(29)16-15-17-20(25-18-5-2-3-7-27(18)22(17)30)28(19(16)23)9-8-26-10-13-32-14-11-26/h2-3,5,7,15,23H,4,6,8-14H2,1H3,(H,24,29)/p+1. The lowest BCUT2D eigenvalue weighted by Crippen LogP contribution is -2.48. The number of nitrogens with zero attached hydrogens (tertiary/aromatic N) is 4. The second-order valence-corrected chi connectivity index (χ2v) is 7.73. The van der Waals surface area contributed by atoms with Crippen molar-refractivity contribution in [3.05, 3.63) is 46.4 Å². The van der Waals surface area contributed by atoms with Gasteiger partial charge in [-0.1, -0.05) is 11.1 Å². The smallest absolute Gasteiger partial charge is 0.278 e. The first kappa shape index (κ1) is 22.1. The molecular weight excluding hydrogens is 412 g/mol. The first-order chi connectivity index (χ1) is 15.6. The largest absolute Gasteiger partial charge is 0.385 e. The van der Waals surface area contributed by atoms with Crippen LogP contribution in [0.5, 0.6) is 0 Å². The SMILES string of the molecule is COCCCNC(=O)c1cc2c(=O)n3ccccc3nc2[n+](CCN2CCOCC2)c1N. The van der Waals surface area contributed by atoms with Crippen molar-refractivity contribution in [1.82, 2.24) is 19.6 Å². The Labute approximate surface area is 185 Å². The minimum atomic E-state index is -0.321. The predicted octanol–water partition coefficient (Wildman–Crippen LogP) is -0.184. The highest BCUT2D eigenvalue weighted by molar-refractivity contribution is 6.00. The topological polar surface area (TPSA) is 115 Å². The van der Waals surface area contributed by atoms with Gasteiger partial charge in [-0.3, -0.25) is 18.9 Å². The van der Waals surface area contributed by atoms with Crippen LogP contribution in [-0.4, -0.2) is 73.3 Å². The molecule has 4 heterocycles. The van der Waals surface area contributed by atoms with Crippen molar-refractivity contribution in [3.63, 3.8) is 0 Å². The van der Waals surface area contributed by atoms with Crippen LogP contribution in [0.4, 0.5) is 5.82 Å². The normalized spacial score (nSPS) is 14.8. The fourth-order valence-electron chi connectivity index (χ4n) is 3.89. The Hall–Kier alpha value is -3.08. The molecule has 0 atom stereocenters. The lowest BCUT2D eigenvalue weighted by atomic mass is 10.1. The van der Waals surface area contributed by atoms with Crippen molar-refractivity contribution >= 4 is 28.4 Å². The van der Waals surface area contributed by atoms with Gasteiger partial charge in [0.1, 0.15) is 10.9 Å². The van der Waals surface area contributed by atoms with E-state index in [0.29, 0.717) is 68.4 Å². The number of fused-ring (bicyclic) bond motifs is 2. The number of anilines is 1. The van der Waals surface area contributed by atoms with E-state index >= 15 is 0 Å². The van der Waals surface area contributed by atoms with Crippen LogP contribution in [0.2, 0.25) is 0 Å². The van der Waals surface area contributed by atoms with E-state index in [-0.39, 0.29) is 17.0 Å². The number of hydrogen-bond donors (Lipinski definition) is 2.